The van der Waals surface area contributed by atoms with Gasteiger partial charge in [0.1, 0.15) is 5.69 Å². The zero-order valence-electron chi connectivity index (χ0n) is 10.8. The molecule has 1 amide bonds. The summed E-state index contributed by atoms with van der Waals surface area (Å²) < 4.78 is 2.72. The highest BCUT2D eigenvalue weighted by atomic mass is 79.9. The summed E-state index contributed by atoms with van der Waals surface area (Å²) in [4.78, 5) is 14.3. The molecule has 4 nitrogen and oxygen atoms in total. The molecule has 2 atom stereocenters. The summed E-state index contributed by atoms with van der Waals surface area (Å²) in [6, 6.07) is 1.77. The maximum atomic E-state index is 12.5. The second-order valence-corrected chi connectivity index (χ2v) is 5.87. The molecule has 1 aliphatic heterocycles. The number of nitrogens with zero attached hydrogens (tertiary/aromatic N) is 2. The lowest BCUT2D eigenvalue weighted by molar-refractivity contribution is 0.0274. The standard InChI is InChI=1S/C13H19BrN2O2/c1-9(17)11-5-3-4-6-16(11)13(18)12-7-10(14)8-15(12)2/h7-9,11,17H,3-6H2,1-2H3/t9-,11+/m1/s1. The van der Waals surface area contributed by atoms with E-state index in [1.807, 2.05) is 28.8 Å². The first-order valence-electron chi connectivity index (χ1n) is 6.31. The van der Waals surface area contributed by atoms with Gasteiger partial charge in [0.05, 0.1) is 12.1 Å². The summed E-state index contributed by atoms with van der Waals surface area (Å²) in [5.41, 5.74) is 0.662. The number of carbonyl (C=O) groups excluding carboxylic acids is 1. The van der Waals surface area contributed by atoms with Crippen molar-refractivity contribution in [3.63, 3.8) is 0 Å². The maximum Gasteiger partial charge on any atom is 0.270 e. The molecule has 0 aromatic carbocycles. The molecule has 1 aromatic heterocycles. The normalized spacial score (nSPS) is 22.0. The number of aromatic nitrogens is 1. The topological polar surface area (TPSA) is 45.5 Å². The van der Waals surface area contributed by atoms with E-state index in [0.717, 1.165) is 30.3 Å². The van der Waals surface area contributed by atoms with Gasteiger partial charge in [-0.2, -0.15) is 0 Å². The van der Waals surface area contributed by atoms with Crippen LogP contribution >= 0.6 is 15.9 Å². The van der Waals surface area contributed by atoms with Crippen molar-refractivity contribution in [1.29, 1.82) is 0 Å². The van der Waals surface area contributed by atoms with Crippen LogP contribution < -0.4 is 0 Å². The lowest BCUT2D eigenvalue weighted by Crippen LogP contribution is -2.49. The molecule has 100 valence electrons. The summed E-state index contributed by atoms with van der Waals surface area (Å²) >= 11 is 3.38. The minimum absolute atomic E-state index is 0.00815. The Bertz CT molecular complexity index is 442. The fourth-order valence-electron chi connectivity index (χ4n) is 2.60. The van der Waals surface area contributed by atoms with Crippen molar-refractivity contribution in [1.82, 2.24) is 9.47 Å². The van der Waals surface area contributed by atoms with Gasteiger partial charge >= 0.3 is 0 Å². The van der Waals surface area contributed by atoms with E-state index in [-0.39, 0.29) is 11.9 Å². The monoisotopic (exact) mass is 314 g/mol. The van der Waals surface area contributed by atoms with E-state index in [9.17, 15) is 9.90 Å². The highest BCUT2D eigenvalue weighted by Gasteiger charge is 2.31. The van der Waals surface area contributed by atoms with Gasteiger partial charge in [0.15, 0.2) is 0 Å². The van der Waals surface area contributed by atoms with Gasteiger partial charge in [-0.15, -0.1) is 0 Å². The molecule has 1 N–H and O–H groups in total. The van der Waals surface area contributed by atoms with Crippen molar-refractivity contribution >= 4 is 21.8 Å². The second kappa shape index (κ2) is 5.45. The quantitative estimate of drug-likeness (QED) is 0.909. The van der Waals surface area contributed by atoms with Crippen LogP contribution in [-0.4, -0.2) is 39.2 Å². The molecule has 1 saturated heterocycles. The average Bonchev–Trinajstić information content (AvgIpc) is 2.67. The SMILES string of the molecule is C[C@@H](O)[C@@H]1CCCCN1C(=O)c1cc(Br)cn1C. The molecule has 0 bridgehead atoms. The molecule has 0 saturated carbocycles. The van der Waals surface area contributed by atoms with Crippen molar-refractivity contribution < 1.29 is 9.90 Å². The Kier molecular flexibility index (Phi) is 4.12. The van der Waals surface area contributed by atoms with Crippen LogP contribution in [0.5, 0.6) is 0 Å². The minimum Gasteiger partial charge on any atom is -0.391 e. The van der Waals surface area contributed by atoms with Gasteiger partial charge in [0.2, 0.25) is 0 Å². The summed E-state index contributed by atoms with van der Waals surface area (Å²) in [5.74, 6) is 0.00815. The van der Waals surface area contributed by atoms with Gasteiger partial charge in [0.25, 0.3) is 5.91 Å². The third-order valence-corrected chi connectivity index (χ3v) is 3.99. The largest absolute Gasteiger partial charge is 0.391 e. The van der Waals surface area contributed by atoms with E-state index < -0.39 is 6.10 Å². The van der Waals surface area contributed by atoms with Gasteiger partial charge in [0, 0.05) is 24.3 Å². The molecular formula is C13H19BrN2O2. The van der Waals surface area contributed by atoms with Crippen molar-refractivity contribution in [2.24, 2.45) is 7.05 Å². The van der Waals surface area contributed by atoms with Crippen LogP contribution in [0.4, 0.5) is 0 Å². The smallest absolute Gasteiger partial charge is 0.270 e. The molecular weight excluding hydrogens is 296 g/mol. The number of aryl methyl sites for hydroxylation is 1. The predicted molar refractivity (Wildman–Crippen MR) is 73.5 cm³/mol. The molecule has 1 aromatic rings. The van der Waals surface area contributed by atoms with E-state index in [2.05, 4.69) is 15.9 Å². The van der Waals surface area contributed by atoms with E-state index in [1.165, 1.54) is 0 Å². The summed E-state index contributed by atoms with van der Waals surface area (Å²) in [5, 5.41) is 9.81. The zero-order chi connectivity index (χ0) is 13.3. The van der Waals surface area contributed by atoms with Crippen molar-refractivity contribution in [2.75, 3.05) is 6.54 Å². The van der Waals surface area contributed by atoms with E-state index in [0.29, 0.717) is 5.69 Å². The van der Waals surface area contributed by atoms with Crippen LogP contribution in [0.2, 0.25) is 0 Å². The van der Waals surface area contributed by atoms with Gasteiger partial charge in [-0.3, -0.25) is 4.79 Å². The first kappa shape index (κ1) is 13.6. The summed E-state index contributed by atoms with van der Waals surface area (Å²) in [7, 11) is 1.86. The van der Waals surface area contributed by atoms with Crippen molar-refractivity contribution in [3.05, 3.63) is 22.4 Å². The molecule has 0 spiro atoms. The van der Waals surface area contributed by atoms with Crippen molar-refractivity contribution in [3.8, 4) is 0 Å². The van der Waals surface area contributed by atoms with Crippen LogP contribution in [0, 0.1) is 0 Å². The highest BCUT2D eigenvalue weighted by molar-refractivity contribution is 9.10. The molecule has 0 radical (unpaired) electrons. The number of amides is 1. The fraction of sp³-hybridized carbons (Fsp3) is 0.615. The Labute approximate surface area is 116 Å². The van der Waals surface area contributed by atoms with Gasteiger partial charge in [-0.05, 0) is 48.2 Å². The average molecular weight is 315 g/mol. The number of likely N-dealkylation sites (tertiary alicyclic amines) is 1. The number of hydrogen-bond acceptors (Lipinski definition) is 2. The van der Waals surface area contributed by atoms with E-state index >= 15 is 0 Å². The van der Waals surface area contributed by atoms with Gasteiger partial charge in [-0.1, -0.05) is 0 Å². The summed E-state index contributed by atoms with van der Waals surface area (Å²) in [6.07, 6.45) is 4.37. The molecule has 1 aliphatic rings. The molecule has 2 rings (SSSR count). The first-order valence-corrected chi connectivity index (χ1v) is 7.11. The van der Waals surface area contributed by atoms with Gasteiger partial charge in [-0.25, -0.2) is 0 Å². The molecule has 18 heavy (non-hydrogen) atoms. The van der Waals surface area contributed by atoms with Crippen LogP contribution in [0.1, 0.15) is 36.7 Å². The van der Waals surface area contributed by atoms with Crippen LogP contribution in [-0.2, 0) is 7.05 Å². The molecule has 0 aliphatic carbocycles. The molecule has 2 heterocycles. The third kappa shape index (κ3) is 2.62. The number of rotatable bonds is 2. The van der Waals surface area contributed by atoms with Crippen molar-refractivity contribution in [2.45, 2.75) is 38.3 Å². The fourth-order valence-corrected chi connectivity index (χ4v) is 3.12. The van der Waals surface area contributed by atoms with Gasteiger partial charge < -0.3 is 14.6 Å². The Morgan fingerprint density at radius 3 is 2.83 bits per heavy atom. The first-order chi connectivity index (χ1) is 8.50. The number of aliphatic hydroxyl groups is 1. The summed E-state index contributed by atoms with van der Waals surface area (Å²) in [6.45, 7) is 2.49. The predicted octanol–water partition coefficient (Wildman–Crippen LogP) is 2.16. The minimum atomic E-state index is -0.474. The molecule has 5 heteroatoms. The number of hydrogen-bond donors (Lipinski definition) is 1. The number of halogens is 1. The number of carbonyl (C=O) groups is 1. The third-order valence-electron chi connectivity index (χ3n) is 3.56. The Hall–Kier alpha value is -0.810. The Morgan fingerprint density at radius 2 is 2.28 bits per heavy atom. The van der Waals surface area contributed by atoms with E-state index in [1.54, 1.807) is 6.92 Å². The second-order valence-electron chi connectivity index (χ2n) is 4.96. The molecule has 1 fully saturated rings. The van der Waals surface area contributed by atoms with E-state index in [4.69, 9.17) is 0 Å². The highest BCUT2D eigenvalue weighted by Crippen LogP contribution is 2.23. The van der Waals surface area contributed by atoms with Crippen LogP contribution in [0.3, 0.4) is 0 Å². The maximum absolute atomic E-state index is 12.5. The lowest BCUT2D eigenvalue weighted by atomic mass is 9.98. The number of aliphatic hydroxyl groups excluding tert-OH is 1. The zero-order valence-corrected chi connectivity index (χ0v) is 12.4. The van der Waals surface area contributed by atoms with Crippen LogP contribution in [0.15, 0.2) is 16.7 Å². The Balaban J connectivity index is 2.23. The number of piperidine rings is 1. The lowest BCUT2D eigenvalue weighted by Gasteiger charge is -2.37. The Morgan fingerprint density at radius 1 is 1.56 bits per heavy atom. The van der Waals surface area contributed by atoms with Crippen LogP contribution in [0.25, 0.3) is 0 Å². The molecule has 0 unspecified atom stereocenters.